The third kappa shape index (κ3) is 10.1. The van der Waals surface area contributed by atoms with Crippen LogP contribution in [0.4, 0.5) is 0 Å². The first-order chi connectivity index (χ1) is 7.20. The maximum absolute atomic E-state index is 11.3. The molecule has 6 heteroatoms. The van der Waals surface area contributed by atoms with E-state index in [0.717, 1.165) is 19.3 Å². The number of hydrogen-bond donors (Lipinski definition) is 3. The van der Waals surface area contributed by atoms with Crippen LogP contribution >= 0.6 is 7.59 Å². The standard InChI is InChI=1S/C10H24N3O2P/c1-8(2)5-4-6-9(3)7-10(14)13-16(11,12)15/h8-9H,4-7H2,1-3H3,(H5,11,12,13,14,15). The average molecular weight is 249 g/mol. The first kappa shape index (κ1) is 15.6. The first-order valence-corrected chi connectivity index (χ1v) is 7.53. The average Bonchev–Trinajstić information content (AvgIpc) is 1.98. The second kappa shape index (κ2) is 7.05. The molecule has 0 aromatic heterocycles. The normalized spacial score (nSPS) is 13.9. The van der Waals surface area contributed by atoms with E-state index >= 15 is 0 Å². The molecule has 0 fully saturated rings. The van der Waals surface area contributed by atoms with E-state index < -0.39 is 7.59 Å². The molecule has 0 aliphatic rings. The van der Waals surface area contributed by atoms with Crippen LogP contribution in [0.5, 0.6) is 0 Å². The van der Waals surface area contributed by atoms with Crippen LogP contribution in [0.15, 0.2) is 0 Å². The lowest BCUT2D eigenvalue weighted by Gasteiger charge is -2.13. The van der Waals surface area contributed by atoms with Crippen LogP contribution in [0.2, 0.25) is 0 Å². The molecule has 5 nitrogen and oxygen atoms in total. The van der Waals surface area contributed by atoms with Crippen LogP contribution < -0.4 is 16.1 Å². The van der Waals surface area contributed by atoms with Gasteiger partial charge in [0.2, 0.25) is 5.91 Å². The van der Waals surface area contributed by atoms with Gasteiger partial charge < -0.3 is 0 Å². The summed E-state index contributed by atoms with van der Waals surface area (Å²) < 4.78 is 10.9. The van der Waals surface area contributed by atoms with Gasteiger partial charge in [0.25, 0.3) is 7.59 Å². The Kier molecular flexibility index (Phi) is 6.88. The Balaban J connectivity index is 3.75. The van der Waals surface area contributed by atoms with E-state index in [1.807, 2.05) is 6.92 Å². The minimum Gasteiger partial charge on any atom is -0.283 e. The number of amides is 1. The molecule has 0 aromatic carbocycles. The van der Waals surface area contributed by atoms with Crippen molar-refractivity contribution in [2.75, 3.05) is 0 Å². The molecule has 16 heavy (non-hydrogen) atoms. The van der Waals surface area contributed by atoms with Crippen molar-refractivity contribution in [2.24, 2.45) is 22.8 Å². The Morgan fingerprint density at radius 2 is 1.81 bits per heavy atom. The third-order valence-corrected chi connectivity index (χ3v) is 2.91. The van der Waals surface area contributed by atoms with Gasteiger partial charge in [-0.1, -0.05) is 40.0 Å². The molecule has 0 saturated carbocycles. The van der Waals surface area contributed by atoms with Crippen molar-refractivity contribution in [3.63, 3.8) is 0 Å². The molecule has 1 amide bonds. The predicted molar refractivity (Wildman–Crippen MR) is 66.6 cm³/mol. The zero-order valence-corrected chi connectivity index (χ0v) is 11.3. The van der Waals surface area contributed by atoms with Gasteiger partial charge in [-0.05, 0) is 11.8 Å². The quantitative estimate of drug-likeness (QED) is 0.601. The summed E-state index contributed by atoms with van der Waals surface area (Å²) in [6.07, 6.45) is 3.59. The van der Waals surface area contributed by atoms with E-state index in [1.54, 1.807) is 0 Å². The lowest BCUT2D eigenvalue weighted by atomic mass is 9.97. The molecule has 0 spiro atoms. The Morgan fingerprint density at radius 1 is 1.25 bits per heavy atom. The van der Waals surface area contributed by atoms with Gasteiger partial charge in [0.1, 0.15) is 0 Å². The molecule has 0 bridgehead atoms. The maximum Gasteiger partial charge on any atom is 0.300 e. The number of carbonyl (C=O) groups excluding carboxylic acids is 1. The van der Waals surface area contributed by atoms with Gasteiger partial charge in [0.05, 0.1) is 0 Å². The van der Waals surface area contributed by atoms with E-state index in [-0.39, 0.29) is 11.8 Å². The monoisotopic (exact) mass is 249 g/mol. The Morgan fingerprint density at radius 3 is 2.25 bits per heavy atom. The van der Waals surface area contributed by atoms with Crippen molar-refractivity contribution in [3.8, 4) is 0 Å². The zero-order valence-electron chi connectivity index (χ0n) is 10.4. The molecule has 0 saturated heterocycles. The van der Waals surface area contributed by atoms with E-state index in [2.05, 4.69) is 18.9 Å². The van der Waals surface area contributed by atoms with Crippen molar-refractivity contribution in [1.29, 1.82) is 0 Å². The Hall–Kier alpha value is -0.380. The Bertz CT molecular complexity index is 263. The first-order valence-electron chi connectivity index (χ1n) is 5.69. The summed E-state index contributed by atoms with van der Waals surface area (Å²) in [5.74, 6) is 0.630. The summed E-state index contributed by atoms with van der Waals surface area (Å²) in [6.45, 7) is 6.35. The lowest BCUT2D eigenvalue weighted by molar-refractivity contribution is -0.120. The van der Waals surface area contributed by atoms with Gasteiger partial charge in [-0.2, -0.15) is 0 Å². The van der Waals surface area contributed by atoms with Crippen molar-refractivity contribution in [3.05, 3.63) is 0 Å². The fourth-order valence-electron chi connectivity index (χ4n) is 1.53. The van der Waals surface area contributed by atoms with Crippen LogP contribution in [0.1, 0.15) is 46.5 Å². The fraction of sp³-hybridized carbons (Fsp3) is 0.900. The lowest BCUT2D eigenvalue weighted by Crippen LogP contribution is -2.29. The summed E-state index contributed by atoms with van der Waals surface area (Å²) >= 11 is 0. The molecular weight excluding hydrogens is 225 g/mol. The summed E-state index contributed by atoms with van der Waals surface area (Å²) in [4.78, 5) is 11.3. The molecule has 0 aliphatic heterocycles. The number of rotatable bonds is 7. The molecule has 96 valence electrons. The van der Waals surface area contributed by atoms with E-state index in [4.69, 9.17) is 11.0 Å². The number of hydrogen-bond acceptors (Lipinski definition) is 2. The topological polar surface area (TPSA) is 98.2 Å². The van der Waals surface area contributed by atoms with E-state index in [9.17, 15) is 9.36 Å². The highest BCUT2D eigenvalue weighted by Crippen LogP contribution is 2.20. The third-order valence-electron chi connectivity index (χ3n) is 2.31. The molecule has 0 radical (unpaired) electrons. The number of nitrogens with one attached hydrogen (secondary N) is 1. The number of carbonyl (C=O) groups is 1. The van der Waals surface area contributed by atoms with Crippen molar-refractivity contribution in [1.82, 2.24) is 5.09 Å². The predicted octanol–water partition coefficient (Wildman–Crippen LogP) is 1.98. The minimum absolute atomic E-state index is 0.269. The molecule has 0 aliphatic carbocycles. The van der Waals surface area contributed by atoms with Crippen LogP contribution in [0.25, 0.3) is 0 Å². The van der Waals surface area contributed by atoms with Gasteiger partial charge in [-0.15, -0.1) is 0 Å². The SMILES string of the molecule is CC(C)CCCC(C)CC(=O)NP(N)(N)=O. The second-order valence-electron chi connectivity index (χ2n) is 4.88. The molecule has 0 aromatic rings. The zero-order chi connectivity index (χ0) is 12.8. The van der Waals surface area contributed by atoms with Crippen LogP contribution in [-0.4, -0.2) is 5.91 Å². The van der Waals surface area contributed by atoms with Crippen molar-refractivity contribution >= 4 is 13.5 Å². The fourth-order valence-corrected chi connectivity index (χ4v) is 2.01. The highest BCUT2D eigenvalue weighted by atomic mass is 31.2. The smallest absolute Gasteiger partial charge is 0.283 e. The van der Waals surface area contributed by atoms with Gasteiger partial charge in [-0.3, -0.25) is 25.5 Å². The van der Waals surface area contributed by atoms with Gasteiger partial charge in [0, 0.05) is 6.42 Å². The summed E-state index contributed by atoms with van der Waals surface area (Å²) in [7, 11) is -3.42. The molecule has 1 atom stereocenters. The maximum atomic E-state index is 11.3. The number of nitrogens with two attached hydrogens (primary N) is 2. The van der Waals surface area contributed by atoms with Crippen LogP contribution in [-0.2, 0) is 9.36 Å². The second-order valence-corrected chi connectivity index (χ2v) is 6.52. The van der Waals surface area contributed by atoms with Crippen LogP contribution in [0.3, 0.4) is 0 Å². The highest BCUT2D eigenvalue weighted by Gasteiger charge is 2.15. The Labute approximate surface area is 97.9 Å². The minimum atomic E-state index is -3.42. The van der Waals surface area contributed by atoms with E-state index in [1.165, 1.54) is 0 Å². The highest BCUT2D eigenvalue weighted by molar-refractivity contribution is 7.57. The molecule has 0 rings (SSSR count). The van der Waals surface area contributed by atoms with Gasteiger partial charge in [0.15, 0.2) is 0 Å². The van der Waals surface area contributed by atoms with Crippen LogP contribution in [0, 0.1) is 11.8 Å². The molecule has 0 heterocycles. The summed E-state index contributed by atoms with van der Waals surface area (Å²) in [5, 5.41) is 2.12. The van der Waals surface area contributed by atoms with E-state index in [0.29, 0.717) is 12.3 Å². The molecular formula is C10H24N3O2P. The molecule has 5 N–H and O–H groups in total. The van der Waals surface area contributed by atoms with Crippen molar-refractivity contribution in [2.45, 2.75) is 46.5 Å². The summed E-state index contributed by atoms with van der Waals surface area (Å²) in [5.41, 5.74) is 10.1. The molecule has 1 unspecified atom stereocenters. The van der Waals surface area contributed by atoms with Crippen molar-refractivity contribution < 1.29 is 9.36 Å². The largest absolute Gasteiger partial charge is 0.300 e. The van der Waals surface area contributed by atoms with Gasteiger partial charge in [-0.25, -0.2) is 0 Å². The van der Waals surface area contributed by atoms with Gasteiger partial charge >= 0.3 is 0 Å². The summed E-state index contributed by atoms with van der Waals surface area (Å²) in [6, 6.07) is 0.